The number of amides is 1. The number of hydrogen-bond acceptors (Lipinski definition) is 6. The first kappa shape index (κ1) is 21.9. The number of piperidine rings is 3. The van der Waals surface area contributed by atoms with Crippen molar-refractivity contribution in [2.45, 2.75) is 38.8 Å². The summed E-state index contributed by atoms with van der Waals surface area (Å²) in [5.74, 6) is 0.147. The summed E-state index contributed by atoms with van der Waals surface area (Å²) in [6.45, 7) is 4.64. The molecule has 0 radical (unpaired) electrons. The number of rotatable bonds is 6. The molecule has 1 amide bonds. The van der Waals surface area contributed by atoms with Gasteiger partial charge < -0.3 is 10.1 Å². The van der Waals surface area contributed by atoms with Crippen LogP contribution in [-0.2, 0) is 16.1 Å². The largest absolute Gasteiger partial charge is 0.465 e. The van der Waals surface area contributed by atoms with E-state index in [9.17, 15) is 9.59 Å². The Kier molecular flexibility index (Phi) is 6.03. The van der Waals surface area contributed by atoms with E-state index < -0.39 is 5.97 Å². The maximum absolute atomic E-state index is 13.1. The monoisotopic (exact) mass is 464 g/mol. The third kappa shape index (κ3) is 4.32. The first-order chi connectivity index (χ1) is 16.0. The molecule has 172 valence electrons. The Balaban J connectivity index is 1.40. The molecule has 2 aromatic heterocycles. The highest BCUT2D eigenvalue weighted by Gasteiger charge is 2.38. The van der Waals surface area contributed by atoms with Gasteiger partial charge in [-0.3, -0.25) is 14.4 Å². The van der Waals surface area contributed by atoms with Crippen molar-refractivity contribution in [1.82, 2.24) is 14.7 Å². The van der Waals surface area contributed by atoms with Gasteiger partial charge in [0.2, 0.25) is 5.91 Å². The molecule has 3 saturated heterocycles. The van der Waals surface area contributed by atoms with Crippen molar-refractivity contribution >= 4 is 28.9 Å². The van der Waals surface area contributed by atoms with Gasteiger partial charge in [0.25, 0.3) is 0 Å². The number of thiophene rings is 1. The van der Waals surface area contributed by atoms with Crippen LogP contribution >= 0.6 is 11.3 Å². The molecule has 0 saturated carbocycles. The minimum atomic E-state index is -0.443. The predicted octanol–water partition coefficient (Wildman–Crippen LogP) is 4.18. The molecule has 6 rings (SSSR count). The van der Waals surface area contributed by atoms with Crippen LogP contribution in [0.3, 0.4) is 0 Å². The number of ether oxygens (including phenoxy) is 1. The van der Waals surface area contributed by atoms with Gasteiger partial charge in [0.15, 0.2) is 0 Å². The van der Waals surface area contributed by atoms with Crippen molar-refractivity contribution in [2.75, 3.05) is 25.5 Å². The molecule has 7 nitrogen and oxygen atoms in total. The number of methoxy groups -OCH3 is 1. The van der Waals surface area contributed by atoms with Crippen LogP contribution in [0.15, 0.2) is 42.6 Å². The lowest BCUT2D eigenvalue weighted by molar-refractivity contribution is -0.125. The standard InChI is InChI=1S/C25H28N4O3S/c1-16-19(14-26-29(16)15-18-6-4-3-5-7-18)22-13-20(23(33-22)25(31)32-2)27-24(30)21-12-17-8-10-28(21)11-9-17/h3-7,13-14,17,21H,8-12,15H2,1-2H3,(H,27,30)/t21-/m0/s1. The van der Waals surface area contributed by atoms with Crippen LogP contribution in [0.2, 0.25) is 0 Å². The molecule has 3 aliphatic heterocycles. The summed E-state index contributed by atoms with van der Waals surface area (Å²) in [4.78, 5) is 29.2. The van der Waals surface area contributed by atoms with Gasteiger partial charge >= 0.3 is 5.97 Å². The summed E-state index contributed by atoms with van der Waals surface area (Å²) in [6, 6.07) is 11.9. The number of anilines is 1. The van der Waals surface area contributed by atoms with Gasteiger partial charge in [0.1, 0.15) is 4.88 Å². The number of esters is 1. The molecule has 1 N–H and O–H groups in total. The van der Waals surface area contributed by atoms with E-state index in [1.807, 2.05) is 42.1 Å². The van der Waals surface area contributed by atoms with E-state index in [2.05, 4.69) is 27.4 Å². The zero-order valence-electron chi connectivity index (χ0n) is 18.9. The van der Waals surface area contributed by atoms with Gasteiger partial charge in [-0.1, -0.05) is 30.3 Å². The van der Waals surface area contributed by atoms with Crippen LogP contribution in [0.1, 0.15) is 40.2 Å². The number of nitrogens with zero attached hydrogens (tertiary/aromatic N) is 3. The maximum Gasteiger partial charge on any atom is 0.350 e. The van der Waals surface area contributed by atoms with Gasteiger partial charge in [0.05, 0.1) is 31.6 Å². The van der Waals surface area contributed by atoms with E-state index >= 15 is 0 Å². The summed E-state index contributed by atoms with van der Waals surface area (Å²) in [7, 11) is 1.36. The Labute approximate surface area is 197 Å². The lowest BCUT2D eigenvalue weighted by Crippen LogP contribution is -2.53. The number of hydrogen-bond donors (Lipinski definition) is 1. The van der Waals surface area contributed by atoms with Gasteiger partial charge in [-0.15, -0.1) is 11.3 Å². The highest BCUT2D eigenvalue weighted by atomic mass is 32.1. The summed E-state index contributed by atoms with van der Waals surface area (Å²) in [6.07, 6.45) is 5.06. The quantitative estimate of drug-likeness (QED) is 0.554. The van der Waals surface area contributed by atoms with Crippen LogP contribution in [0.4, 0.5) is 5.69 Å². The molecule has 1 aromatic carbocycles. The maximum atomic E-state index is 13.1. The second-order valence-corrected chi connectivity index (χ2v) is 9.90. The lowest BCUT2D eigenvalue weighted by atomic mass is 9.83. The van der Waals surface area contributed by atoms with Crippen LogP contribution in [-0.4, -0.2) is 52.8 Å². The first-order valence-corrected chi connectivity index (χ1v) is 12.2. The van der Waals surface area contributed by atoms with Crippen LogP contribution in [0.5, 0.6) is 0 Å². The van der Waals surface area contributed by atoms with Gasteiger partial charge in [-0.25, -0.2) is 4.79 Å². The number of aromatic nitrogens is 2. The second-order valence-electron chi connectivity index (χ2n) is 8.85. The molecule has 8 heteroatoms. The second kappa shape index (κ2) is 9.11. The zero-order chi connectivity index (χ0) is 22.9. The number of nitrogens with one attached hydrogen (secondary N) is 1. The molecule has 2 bridgehead atoms. The average Bonchev–Trinajstić information content (AvgIpc) is 3.43. The summed E-state index contributed by atoms with van der Waals surface area (Å²) in [5.41, 5.74) is 3.64. The fourth-order valence-electron chi connectivity index (χ4n) is 4.92. The van der Waals surface area contributed by atoms with Crippen LogP contribution in [0, 0.1) is 12.8 Å². The number of fused-ring (bicyclic) bond motifs is 3. The smallest absolute Gasteiger partial charge is 0.350 e. The minimum absolute atomic E-state index is 0.0367. The fourth-order valence-corrected chi connectivity index (χ4v) is 6.01. The normalized spacial score (nSPS) is 21.7. The topological polar surface area (TPSA) is 76.5 Å². The molecular formula is C25H28N4O3S. The molecule has 1 atom stereocenters. The molecule has 5 heterocycles. The average molecular weight is 465 g/mol. The van der Waals surface area contributed by atoms with E-state index in [1.165, 1.54) is 36.9 Å². The minimum Gasteiger partial charge on any atom is -0.465 e. The number of carbonyl (C=O) groups excluding carboxylic acids is 2. The molecule has 33 heavy (non-hydrogen) atoms. The molecular weight excluding hydrogens is 436 g/mol. The van der Waals surface area contributed by atoms with Crippen molar-refractivity contribution in [3.63, 3.8) is 0 Å². The molecule has 0 spiro atoms. The molecule has 3 fully saturated rings. The van der Waals surface area contributed by atoms with Gasteiger partial charge in [-0.05, 0) is 56.8 Å². The predicted molar refractivity (Wildman–Crippen MR) is 128 cm³/mol. The lowest BCUT2D eigenvalue weighted by Gasteiger charge is -2.44. The Morgan fingerprint density at radius 1 is 1.21 bits per heavy atom. The molecule has 0 unspecified atom stereocenters. The summed E-state index contributed by atoms with van der Waals surface area (Å²) >= 11 is 1.33. The molecule has 3 aromatic rings. The first-order valence-electron chi connectivity index (χ1n) is 11.4. The Bertz CT molecular complexity index is 1160. The number of carbonyl (C=O) groups is 2. The fraction of sp³-hybridized carbons (Fsp3) is 0.400. The third-order valence-corrected chi connectivity index (χ3v) is 8.00. The van der Waals surface area contributed by atoms with Gasteiger partial charge in [0, 0.05) is 16.1 Å². The van der Waals surface area contributed by atoms with Crippen molar-refractivity contribution in [1.29, 1.82) is 0 Å². The Morgan fingerprint density at radius 2 is 1.97 bits per heavy atom. The summed E-state index contributed by atoms with van der Waals surface area (Å²) in [5, 5.41) is 7.60. The highest BCUT2D eigenvalue weighted by molar-refractivity contribution is 7.18. The van der Waals surface area contributed by atoms with Crippen molar-refractivity contribution < 1.29 is 14.3 Å². The molecule has 3 aliphatic rings. The zero-order valence-corrected chi connectivity index (χ0v) is 19.7. The third-order valence-electron chi connectivity index (χ3n) is 6.85. The Hall–Kier alpha value is -2.97. The van der Waals surface area contributed by atoms with Crippen molar-refractivity contribution in [3.05, 3.63) is 58.7 Å². The van der Waals surface area contributed by atoms with E-state index in [4.69, 9.17) is 4.74 Å². The van der Waals surface area contributed by atoms with E-state index in [0.29, 0.717) is 23.0 Å². The highest BCUT2D eigenvalue weighted by Crippen LogP contribution is 2.38. The van der Waals surface area contributed by atoms with Crippen molar-refractivity contribution in [3.8, 4) is 10.4 Å². The van der Waals surface area contributed by atoms with Crippen LogP contribution < -0.4 is 5.32 Å². The summed E-state index contributed by atoms with van der Waals surface area (Å²) < 4.78 is 6.96. The van der Waals surface area contributed by atoms with E-state index in [-0.39, 0.29) is 11.9 Å². The van der Waals surface area contributed by atoms with Crippen molar-refractivity contribution in [2.24, 2.45) is 5.92 Å². The SMILES string of the molecule is COC(=O)c1sc(-c2cnn(Cc3ccccc3)c2C)cc1NC(=O)[C@@H]1CC2CCN1CC2. The Morgan fingerprint density at radius 3 is 2.64 bits per heavy atom. The van der Waals surface area contributed by atoms with Crippen LogP contribution in [0.25, 0.3) is 10.4 Å². The number of benzene rings is 1. The molecule has 0 aliphatic carbocycles. The van der Waals surface area contributed by atoms with E-state index in [1.54, 1.807) is 0 Å². The van der Waals surface area contributed by atoms with Gasteiger partial charge in [-0.2, -0.15) is 5.10 Å². The van der Waals surface area contributed by atoms with E-state index in [0.717, 1.165) is 35.6 Å².